The van der Waals surface area contributed by atoms with Crippen molar-refractivity contribution in [2.45, 2.75) is 26.7 Å². The first-order valence-electron chi connectivity index (χ1n) is 3.99. The molecule has 12 heavy (non-hydrogen) atoms. The minimum absolute atomic E-state index is 0.144. The second-order valence-electron chi connectivity index (χ2n) is 3.29. The fourth-order valence-corrected chi connectivity index (χ4v) is 1.48. The lowest BCUT2D eigenvalue weighted by atomic mass is 10.0. The lowest BCUT2D eigenvalue weighted by molar-refractivity contribution is 0.347. The summed E-state index contributed by atoms with van der Waals surface area (Å²) in [6.45, 7) is 5.98. The molecule has 1 radical (unpaired) electrons. The van der Waals surface area contributed by atoms with Crippen LogP contribution in [0.2, 0.25) is 0 Å². The van der Waals surface area contributed by atoms with Gasteiger partial charge in [0.2, 0.25) is 0 Å². The van der Waals surface area contributed by atoms with Gasteiger partial charge >= 0.3 is 0 Å². The van der Waals surface area contributed by atoms with Crippen molar-refractivity contribution in [2.75, 3.05) is 0 Å². The summed E-state index contributed by atoms with van der Waals surface area (Å²) in [7, 11) is 0. The number of hydrogen-bond acceptors (Lipinski definition) is 0. The van der Waals surface area contributed by atoms with Crippen LogP contribution >= 0.6 is 15.9 Å². The number of halogens is 1. The van der Waals surface area contributed by atoms with Gasteiger partial charge < -0.3 is 0 Å². The van der Waals surface area contributed by atoms with E-state index in [4.69, 9.17) is 0 Å². The Morgan fingerprint density at radius 1 is 1.33 bits per heavy atom. The van der Waals surface area contributed by atoms with Gasteiger partial charge in [-0.05, 0) is 30.5 Å². The molecule has 0 fully saturated rings. The summed E-state index contributed by atoms with van der Waals surface area (Å²) in [5.74, 6) is 0.445. The first-order valence-corrected chi connectivity index (χ1v) is 4.78. The predicted octanol–water partition coefficient (Wildman–Crippen LogP) is 4.02. The van der Waals surface area contributed by atoms with Crippen molar-refractivity contribution in [2.24, 2.45) is 0 Å². The van der Waals surface area contributed by atoms with Crippen molar-refractivity contribution in [3.63, 3.8) is 0 Å². The SMILES string of the molecule is Cc1cc([O])c(C(C)C)cc1Br. The van der Waals surface area contributed by atoms with E-state index in [-0.39, 0.29) is 5.75 Å². The topological polar surface area (TPSA) is 19.9 Å². The van der Waals surface area contributed by atoms with Gasteiger partial charge in [0.1, 0.15) is 0 Å². The van der Waals surface area contributed by atoms with Crippen LogP contribution < -0.4 is 0 Å². The average Bonchev–Trinajstić information content (AvgIpc) is 1.96. The first-order chi connectivity index (χ1) is 5.52. The molecule has 0 heterocycles. The highest BCUT2D eigenvalue weighted by molar-refractivity contribution is 9.10. The number of aryl methyl sites for hydroxylation is 1. The quantitative estimate of drug-likeness (QED) is 0.691. The maximum absolute atomic E-state index is 11.4. The third kappa shape index (κ3) is 1.81. The third-order valence-electron chi connectivity index (χ3n) is 1.91. The van der Waals surface area contributed by atoms with E-state index in [0.717, 1.165) is 15.6 Å². The van der Waals surface area contributed by atoms with Crippen molar-refractivity contribution in [3.8, 4) is 5.75 Å². The second-order valence-corrected chi connectivity index (χ2v) is 4.15. The lowest BCUT2D eigenvalue weighted by Gasteiger charge is -2.08. The second kappa shape index (κ2) is 3.48. The fraction of sp³-hybridized carbons (Fsp3) is 0.400. The van der Waals surface area contributed by atoms with Crippen molar-refractivity contribution >= 4 is 15.9 Å². The largest absolute Gasteiger partial charge is 0.290 e. The molecule has 0 aliphatic rings. The highest BCUT2D eigenvalue weighted by atomic mass is 79.9. The molecule has 2 heteroatoms. The van der Waals surface area contributed by atoms with Crippen molar-refractivity contribution in [1.82, 2.24) is 0 Å². The molecule has 0 aromatic heterocycles. The average molecular weight is 228 g/mol. The van der Waals surface area contributed by atoms with E-state index in [1.54, 1.807) is 6.07 Å². The zero-order valence-electron chi connectivity index (χ0n) is 7.52. The monoisotopic (exact) mass is 227 g/mol. The Kier molecular flexibility index (Phi) is 2.78. The summed E-state index contributed by atoms with van der Waals surface area (Å²) in [6.07, 6.45) is 0. The molecular formula is C10H12BrO. The highest BCUT2D eigenvalue weighted by Gasteiger charge is 2.09. The van der Waals surface area contributed by atoms with Gasteiger partial charge in [-0.1, -0.05) is 29.8 Å². The summed E-state index contributed by atoms with van der Waals surface area (Å²) in [6, 6.07) is 3.60. The molecular weight excluding hydrogens is 216 g/mol. The molecule has 1 aromatic carbocycles. The third-order valence-corrected chi connectivity index (χ3v) is 2.77. The van der Waals surface area contributed by atoms with E-state index < -0.39 is 0 Å². The van der Waals surface area contributed by atoms with Crippen molar-refractivity contribution < 1.29 is 5.11 Å². The molecule has 0 aliphatic heterocycles. The Hall–Kier alpha value is -0.500. The van der Waals surface area contributed by atoms with E-state index >= 15 is 0 Å². The molecule has 0 amide bonds. The zero-order chi connectivity index (χ0) is 9.30. The molecule has 0 unspecified atom stereocenters. The van der Waals surface area contributed by atoms with Crippen LogP contribution in [-0.4, -0.2) is 0 Å². The van der Waals surface area contributed by atoms with Crippen LogP contribution in [0.3, 0.4) is 0 Å². The first kappa shape index (κ1) is 9.59. The number of benzene rings is 1. The molecule has 1 nitrogen and oxygen atoms in total. The van der Waals surface area contributed by atoms with E-state index in [2.05, 4.69) is 15.9 Å². The summed E-state index contributed by atoms with van der Waals surface area (Å²) >= 11 is 3.41. The van der Waals surface area contributed by atoms with Gasteiger partial charge in [0.25, 0.3) is 0 Å². The van der Waals surface area contributed by atoms with Crippen LogP contribution in [0, 0.1) is 6.92 Å². The normalized spacial score (nSPS) is 10.8. The fourth-order valence-electron chi connectivity index (χ4n) is 1.12. The van der Waals surface area contributed by atoms with Crippen LogP contribution in [0.4, 0.5) is 0 Å². The maximum Gasteiger partial charge on any atom is 0.182 e. The van der Waals surface area contributed by atoms with Crippen molar-refractivity contribution in [1.29, 1.82) is 0 Å². The molecule has 1 rings (SSSR count). The van der Waals surface area contributed by atoms with Gasteiger partial charge in [-0.3, -0.25) is 5.11 Å². The van der Waals surface area contributed by atoms with Gasteiger partial charge in [0.15, 0.2) is 5.75 Å². The summed E-state index contributed by atoms with van der Waals surface area (Å²) in [5.41, 5.74) is 1.89. The molecule has 1 aromatic rings. The van der Waals surface area contributed by atoms with E-state index in [1.807, 2.05) is 26.8 Å². The van der Waals surface area contributed by atoms with Gasteiger partial charge in [-0.2, -0.15) is 0 Å². The van der Waals surface area contributed by atoms with Crippen LogP contribution in [0.15, 0.2) is 16.6 Å². The van der Waals surface area contributed by atoms with Gasteiger partial charge in [-0.15, -0.1) is 0 Å². The Balaban J connectivity index is 3.23. The van der Waals surface area contributed by atoms with Gasteiger partial charge in [0.05, 0.1) is 0 Å². The van der Waals surface area contributed by atoms with E-state index in [9.17, 15) is 5.11 Å². The number of hydrogen-bond donors (Lipinski definition) is 0. The van der Waals surface area contributed by atoms with Crippen LogP contribution in [0.5, 0.6) is 5.75 Å². The van der Waals surface area contributed by atoms with Crippen molar-refractivity contribution in [3.05, 3.63) is 27.7 Å². The maximum atomic E-state index is 11.4. The summed E-state index contributed by atoms with van der Waals surface area (Å²) < 4.78 is 1.02. The van der Waals surface area contributed by atoms with Crippen LogP contribution in [-0.2, 0) is 5.11 Å². The van der Waals surface area contributed by atoms with Gasteiger partial charge in [-0.25, -0.2) is 0 Å². The standard InChI is InChI=1S/C10H12BrO/c1-6(2)8-5-9(11)7(3)4-10(8)12/h4-6H,1-3H3. The smallest absolute Gasteiger partial charge is 0.182 e. The van der Waals surface area contributed by atoms with E-state index in [1.165, 1.54) is 0 Å². The predicted molar refractivity (Wildman–Crippen MR) is 53.1 cm³/mol. The Morgan fingerprint density at radius 2 is 1.92 bits per heavy atom. The van der Waals surface area contributed by atoms with E-state index in [0.29, 0.717) is 5.92 Å². The molecule has 0 saturated heterocycles. The molecule has 0 atom stereocenters. The molecule has 65 valence electrons. The zero-order valence-corrected chi connectivity index (χ0v) is 9.10. The molecule has 0 bridgehead atoms. The Bertz CT molecular complexity index is 292. The highest BCUT2D eigenvalue weighted by Crippen LogP contribution is 2.31. The number of rotatable bonds is 1. The van der Waals surface area contributed by atoms with Crippen LogP contribution in [0.25, 0.3) is 0 Å². The molecule has 0 saturated carbocycles. The summed E-state index contributed by atoms with van der Waals surface area (Å²) in [5, 5.41) is 11.4. The minimum atomic E-state index is 0.144. The van der Waals surface area contributed by atoms with Gasteiger partial charge in [0, 0.05) is 10.0 Å². The molecule has 0 N–H and O–H groups in total. The summed E-state index contributed by atoms with van der Waals surface area (Å²) in [4.78, 5) is 0. The molecule has 0 spiro atoms. The Morgan fingerprint density at radius 3 is 2.42 bits per heavy atom. The van der Waals surface area contributed by atoms with Crippen LogP contribution in [0.1, 0.15) is 30.9 Å². The lowest BCUT2D eigenvalue weighted by Crippen LogP contribution is -1.89. The Labute approximate surface area is 81.6 Å². The molecule has 0 aliphatic carbocycles. The minimum Gasteiger partial charge on any atom is -0.290 e.